The fourth-order valence-electron chi connectivity index (χ4n) is 1.13. The molecule has 0 N–H and O–H groups in total. The molecule has 14 heavy (non-hydrogen) atoms. The van der Waals surface area contributed by atoms with E-state index in [1.54, 1.807) is 0 Å². The fraction of sp³-hybridized carbons (Fsp3) is 0.250. The predicted molar refractivity (Wildman–Crippen MR) is 60.0 cm³/mol. The van der Waals surface area contributed by atoms with Crippen LogP contribution in [-0.4, -0.2) is 14.1 Å². The van der Waals surface area contributed by atoms with Crippen LogP contribution in [0.5, 0.6) is 0 Å². The molecule has 72 valence electrons. The maximum absolute atomic E-state index is 8.35. The van der Waals surface area contributed by atoms with Crippen molar-refractivity contribution in [2.75, 3.05) is 19.0 Å². The van der Waals surface area contributed by atoms with E-state index in [2.05, 4.69) is 23.1 Å². The molecule has 0 saturated carbocycles. The Balaban J connectivity index is 2.70. The summed E-state index contributed by atoms with van der Waals surface area (Å²) in [6.45, 7) is 0. The molecule has 1 rings (SSSR count). The van der Waals surface area contributed by atoms with Crippen molar-refractivity contribution in [1.29, 1.82) is 5.26 Å². The fourth-order valence-corrected chi connectivity index (χ4v) is 1.13. The third kappa shape index (κ3) is 2.95. The van der Waals surface area contributed by atoms with Gasteiger partial charge in [0.25, 0.3) is 0 Å². The van der Waals surface area contributed by atoms with Gasteiger partial charge in [-0.1, -0.05) is 24.3 Å². The van der Waals surface area contributed by atoms with Gasteiger partial charge in [-0.3, -0.25) is 0 Å². The molecule has 0 atom stereocenters. The van der Waals surface area contributed by atoms with Gasteiger partial charge in [-0.25, -0.2) is 0 Å². The topological polar surface area (TPSA) is 27.0 Å². The van der Waals surface area contributed by atoms with Gasteiger partial charge in [0.05, 0.1) is 12.5 Å². The van der Waals surface area contributed by atoms with E-state index >= 15 is 0 Å². The largest absolute Gasteiger partial charge is 0.378 e. The molecule has 0 aromatic heterocycles. The number of hydrogen-bond acceptors (Lipinski definition) is 2. The van der Waals surface area contributed by atoms with Crippen LogP contribution in [0.4, 0.5) is 5.69 Å². The van der Waals surface area contributed by atoms with E-state index in [-0.39, 0.29) is 0 Å². The Labute approximate surface area is 85.1 Å². The average molecular weight is 186 g/mol. The normalized spacial score (nSPS) is 10.1. The molecule has 0 fully saturated rings. The quantitative estimate of drug-likeness (QED) is 0.725. The Hall–Kier alpha value is -1.75. The van der Waals surface area contributed by atoms with Crippen LogP contribution in [0.25, 0.3) is 6.08 Å². The van der Waals surface area contributed by atoms with Crippen LogP contribution in [0.15, 0.2) is 30.3 Å². The van der Waals surface area contributed by atoms with Gasteiger partial charge in [0.1, 0.15) is 0 Å². The number of benzene rings is 1. The lowest BCUT2D eigenvalue weighted by Crippen LogP contribution is -2.07. The van der Waals surface area contributed by atoms with Crippen LogP contribution in [0.1, 0.15) is 12.0 Å². The van der Waals surface area contributed by atoms with Crippen molar-refractivity contribution < 1.29 is 0 Å². The van der Waals surface area contributed by atoms with Gasteiger partial charge in [-0.2, -0.15) is 5.26 Å². The molecule has 0 heterocycles. The summed E-state index contributed by atoms with van der Waals surface area (Å²) in [5.74, 6) is 0. The van der Waals surface area contributed by atoms with Crippen molar-refractivity contribution in [1.82, 2.24) is 0 Å². The summed E-state index contributed by atoms with van der Waals surface area (Å²) in [5.41, 5.74) is 2.31. The molecule has 0 spiro atoms. The number of anilines is 1. The summed E-state index contributed by atoms with van der Waals surface area (Å²) in [6.07, 6.45) is 4.29. The zero-order valence-electron chi connectivity index (χ0n) is 8.57. The third-order valence-corrected chi connectivity index (χ3v) is 1.93. The number of rotatable bonds is 3. The minimum Gasteiger partial charge on any atom is -0.378 e. The van der Waals surface area contributed by atoms with Gasteiger partial charge in [-0.05, 0) is 17.7 Å². The molecular weight excluding hydrogens is 172 g/mol. The van der Waals surface area contributed by atoms with Gasteiger partial charge in [-0.15, -0.1) is 0 Å². The van der Waals surface area contributed by atoms with Gasteiger partial charge < -0.3 is 4.90 Å². The van der Waals surface area contributed by atoms with E-state index < -0.39 is 0 Å². The summed E-state index contributed by atoms with van der Waals surface area (Å²) >= 11 is 0. The minimum atomic E-state index is 0.468. The second kappa shape index (κ2) is 5.08. The summed E-state index contributed by atoms with van der Waals surface area (Å²) in [6, 6.07) is 10.3. The van der Waals surface area contributed by atoms with E-state index in [1.807, 2.05) is 38.4 Å². The Morgan fingerprint density at radius 3 is 2.43 bits per heavy atom. The van der Waals surface area contributed by atoms with Gasteiger partial charge in [0, 0.05) is 19.8 Å². The molecule has 0 aliphatic carbocycles. The Bertz CT molecular complexity index is 342. The maximum atomic E-state index is 8.35. The lowest BCUT2D eigenvalue weighted by Gasteiger charge is -2.11. The molecule has 1 aromatic rings. The van der Waals surface area contributed by atoms with Crippen LogP contribution in [0.2, 0.25) is 0 Å². The average Bonchev–Trinajstić information content (AvgIpc) is 2.19. The minimum absolute atomic E-state index is 0.468. The van der Waals surface area contributed by atoms with E-state index in [1.165, 1.54) is 5.69 Å². The molecule has 0 radical (unpaired) electrons. The molecule has 2 heteroatoms. The number of nitrogens with zero attached hydrogens (tertiary/aromatic N) is 2. The molecule has 0 aliphatic heterocycles. The SMILES string of the molecule is CN(C)c1ccc(/C=C/CC#N)cc1. The first-order valence-corrected chi connectivity index (χ1v) is 4.55. The Kier molecular flexibility index (Phi) is 3.75. The molecule has 2 nitrogen and oxygen atoms in total. The lowest BCUT2D eigenvalue weighted by molar-refractivity contribution is 1.13. The third-order valence-electron chi connectivity index (χ3n) is 1.93. The summed E-state index contributed by atoms with van der Waals surface area (Å²) < 4.78 is 0. The molecule has 0 aliphatic rings. The summed E-state index contributed by atoms with van der Waals surface area (Å²) in [4.78, 5) is 2.06. The molecule has 0 amide bonds. The van der Waals surface area contributed by atoms with E-state index in [0.717, 1.165) is 5.56 Å². The van der Waals surface area contributed by atoms with Crippen LogP contribution in [-0.2, 0) is 0 Å². The molecule has 0 unspecified atom stereocenters. The first-order chi connectivity index (χ1) is 6.74. The second-order valence-electron chi connectivity index (χ2n) is 3.25. The Morgan fingerprint density at radius 1 is 1.29 bits per heavy atom. The highest BCUT2D eigenvalue weighted by atomic mass is 15.1. The van der Waals surface area contributed by atoms with Gasteiger partial charge in [0.15, 0.2) is 0 Å². The smallest absolute Gasteiger partial charge is 0.0663 e. The lowest BCUT2D eigenvalue weighted by atomic mass is 10.2. The highest BCUT2D eigenvalue weighted by Crippen LogP contribution is 2.13. The van der Waals surface area contributed by atoms with Crippen molar-refractivity contribution in [3.63, 3.8) is 0 Å². The van der Waals surface area contributed by atoms with Crippen molar-refractivity contribution in [2.45, 2.75) is 6.42 Å². The van der Waals surface area contributed by atoms with Crippen molar-refractivity contribution in [3.05, 3.63) is 35.9 Å². The monoisotopic (exact) mass is 186 g/mol. The number of hydrogen-bond donors (Lipinski definition) is 0. The first kappa shape index (κ1) is 10.3. The van der Waals surface area contributed by atoms with Crippen LogP contribution in [0.3, 0.4) is 0 Å². The zero-order chi connectivity index (χ0) is 10.4. The van der Waals surface area contributed by atoms with E-state index in [4.69, 9.17) is 5.26 Å². The highest BCUT2D eigenvalue weighted by molar-refractivity contribution is 5.55. The van der Waals surface area contributed by atoms with E-state index in [9.17, 15) is 0 Å². The maximum Gasteiger partial charge on any atom is 0.0663 e. The van der Waals surface area contributed by atoms with Crippen LogP contribution in [0, 0.1) is 11.3 Å². The number of nitriles is 1. The molecule has 0 saturated heterocycles. The van der Waals surface area contributed by atoms with Crippen LogP contribution < -0.4 is 4.90 Å². The second-order valence-corrected chi connectivity index (χ2v) is 3.25. The Morgan fingerprint density at radius 2 is 1.93 bits per heavy atom. The summed E-state index contributed by atoms with van der Waals surface area (Å²) in [7, 11) is 4.03. The highest BCUT2D eigenvalue weighted by Gasteiger charge is 1.92. The molecule has 1 aromatic carbocycles. The van der Waals surface area contributed by atoms with E-state index in [0.29, 0.717) is 6.42 Å². The standard InChI is InChI=1S/C12H14N2/c1-14(2)12-8-6-11(7-9-12)5-3-4-10-13/h3,5-9H,4H2,1-2H3/b5-3+. The predicted octanol–water partition coefficient (Wildman–Crippen LogP) is 2.68. The summed E-state index contributed by atoms with van der Waals surface area (Å²) in [5, 5.41) is 8.35. The first-order valence-electron chi connectivity index (χ1n) is 4.55. The number of allylic oxidation sites excluding steroid dienone is 1. The van der Waals surface area contributed by atoms with Crippen molar-refractivity contribution in [3.8, 4) is 6.07 Å². The molecule has 0 bridgehead atoms. The van der Waals surface area contributed by atoms with Gasteiger partial charge >= 0.3 is 0 Å². The zero-order valence-corrected chi connectivity index (χ0v) is 8.57. The van der Waals surface area contributed by atoms with Crippen LogP contribution >= 0.6 is 0 Å². The van der Waals surface area contributed by atoms with Gasteiger partial charge in [0.2, 0.25) is 0 Å². The van der Waals surface area contributed by atoms with Crippen molar-refractivity contribution in [2.24, 2.45) is 0 Å². The van der Waals surface area contributed by atoms with Crippen molar-refractivity contribution >= 4 is 11.8 Å². The molecular formula is C12H14N2.